The van der Waals surface area contributed by atoms with Gasteiger partial charge in [-0.25, -0.2) is 4.98 Å². The highest BCUT2D eigenvalue weighted by Gasteiger charge is 2.21. The van der Waals surface area contributed by atoms with Gasteiger partial charge in [0.05, 0.1) is 0 Å². The maximum Gasteiger partial charge on any atom is 0.225 e. The van der Waals surface area contributed by atoms with E-state index in [0.717, 1.165) is 44.1 Å². The van der Waals surface area contributed by atoms with Crippen LogP contribution in [-0.4, -0.2) is 42.0 Å². The van der Waals surface area contributed by atoms with Crippen molar-refractivity contribution in [3.63, 3.8) is 0 Å². The van der Waals surface area contributed by atoms with E-state index in [1.807, 2.05) is 43.9 Å². The van der Waals surface area contributed by atoms with E-state index < -0.39 is 0 Å². The van der Waals surface area contributed by atoms with Crippen LogP contribution >= 0.6 is 0 Å². The molecule has 4 heteroatoms. The summed E-state index contributed by atoms with van der Waals surface area (Å²) in [5, 5.41) is 0. The Labute approximate surface area is 115 Å². The Hall–Kier alpha value is -1.58. The van der Waals surface area contributed by atoms with Crippen LogP contribution in [0.2, 0.25) is 0 Å². The Morgan fingerprint density at radius 2 is 2.00 bits per heavy atom. The first-order chi connectivity index (χ1) is 9.08. The van der Waals surface area contributed by atoms with Crippen molar-refractivity contribution in [2.24, 2.45) is 5.92 Å². The third-order valence-corrected chi connectivity index (χ3v) is 3.50. The fraction of sp³-hybridized carbons (Fsp3) is 0.600. The second kappa shape index (κ2) is 6.04. The van der Waals surface area contributed by atoms with Crippen LogP contribution in [0.5, 0.6) is 0 Å². The molecule has 0 spiro atoms. The highest BCUT2D eigenvalue weighted by molar-refractivity contribution is 5.78. The standard InChI is InChI=1S/C15H23N3O/c1-12(2)15(19)18-9-5-8-17(10-11-18)14-7-4-6-13(3)16-14/h4,6-7,12H,5,8-11H2,1-3H3. The molecule has 0 saturated carbocycles. The molecule has 1 aromatic rings. The number of anilines is 1. The van der Waals surface area contributed by atoms with E-state index >= 15 is 0 Å². The molecular weight excluding hydrogens is 238 g/mol. The molecule has 0 aliphatic carbocycles. The monoisotopic (exact) mass is 261 g/mol. The van der Waals surface area contributed by atoms with E-state index in [2.05, 4.69) is 9.88 Å². The summed E-state index contributed by atoms with van der Waals surface area (Å²) in [4.78, 5) is 20.9. The van der Waals surface area contributed by atoms with Crippen molar-refractivity contribution in [3.05, 3.63) is 23.9 Å². The maximum atomic E-state index is 12.0. The first kappa shape index (κ1) is 13.8. The quantitative estimate of drug-likeness (QED) is 0.818. The average Bonchev–Trinajstić information content (AvgIpc) is 2.63. The number of aryl methyl sites for hydroxylation is 1. The van der Waals surface area contributed by atoms with E-state index in [4.69, 9.17) is 0 Å². The first-order valence-electron chi connectivity index (χ1n) is 7.05. The fourth-order valence-corrected chi connectivity index (χ4v) is 2.44. The van der Waals surface area contributed by atoms with Crippen molar-refractivity contribution in [2.45, 2.75) is 27.2 Å². The third-order valence-electron chi connectivity index (χ3n) is 3.50. The molecule has 0 atom stereocenters. The highest BCUT2D eigenvalue weighted by atomic mass is 16.2. The lowest BCUT2D eigenvalue weighted by molar-refractivity contribution is -0.134. The van der Waals surface area contributed by atoms with Crippen LogP contribution < -0.4 is 4.90 Å². The van der Waals surface area contributed by atoms with Gasteiger partial charge < -0.3 is 9.80 Å². The van der Waals surface area contributed by atoms with Crippen LogP contribution in [0.25, 0.3) is 0 Å². The minimum absolute atomic E-state index is 0.0867. The Morgan fingerprint density at radius 3 is 2.68 bits per heavy atom. The minimum atomic E-state index is 0.0867. The van der Waals surface area contributed by atoms with Crippen LogP contribution in [0.3, 0.4) is 0 Å². The van der Waals surface area contributed by atoms with Crippen LogP contribution in [0, 0.1) is 12.8 Å². The molecule has 1 aromatic heterocycles. The third kappa shape index (κ3) is 3.46. The zero-order chi connectivity index (χ0) is 13.8. The molecule has 19 heavy (non-hydrogen) atoms. The summed E-state index contributed by atoms with van der Waals surface area (Å²) in [5.74, 6) is 1.38. The van der Waals surface area contributed by atoms with Crippen LogP contribution in [-0.2, 0) is 4.79 Å². The number of hydrogen-bond acceptors (Lipinski definition) is 3. The van der Waals surface area contributed by atoms with Crippen LogP contribution in [0.15, 0.2) is 18.2 Å². The van der Waals surface area contributed by atoms with E-state index in [1.165, 1.54) is 0 Å². The van der Waals surface area contributed by atoms with Gasteiger partial charge in [-0.05, 0) is 25.5 Å². The largest absolute Gasteiger partial charge is 0.355 e. The van der Waals surface area contributed by atoms with Crippen molar-refractivity contribution in [1.82, 2.24) is 9.88 Å². The van der Waals surface area contributed by atoms with Gasteiger partial charge in [-0.1, -0.05) is 19.9 Å². The number of pyridine rings is 1. The molecule has 1 aliphatic rings. The predicted molar refractivity (Wildman–Crippen MR) is 77.2 cm³/mol. The molecule has 2 rings (SSSR count). The molecule has 0 radical (unpaired) electrons. The lowest BCUT2D eigenvalue weighted by Gasteiger charge is -2.24. The number of carbonyl (C=O) groups is 1. The molecule has 0 unspecified atom stereocenters. The Kier molecular flexibility index (Phi) is 4.40. The summed E-state index contributed by atoms with van der Waals surface area (Å²) in [7, 11) is 0. The Bertz CT molecular complexity index is 445. The van der Waals surface area contributed by atoms with Crippen molar-refractivity contribution in [3.8, 4) is 0 Å². The molecule has 0 bridgehead atoms. The van der Waals surface area contributed by atoms with Crippen molar-refractivity contribution >= 4 is 11.7 Å². The summed E-state index contributed by atoms with van der Waals surface area (Å²) in [5.41, 5.74) is 1.04. The summed E-state index contributed by atoms with van der Waals surface area (Å²) in [6.45, 7) is 9.44. The SMILES string of the molecule is Cc1cccc(N2CCCN(C(=O)C(C)C)CC2)n1. The summed E-state index contributed by atoms with van der Waals surface area (Å²) in [6.07, 6.45) is 1.01. The number of rotatable bonds is 2. The average molecular weight is 261 g/mol. The molecular formula is C15H23N3O. The second-order valence-corrected chi connectivity index (χ2v) is 5.46. The lowest BCUT2D eigenvalue weighted by atomic mass is 10.2. The Balaban J connectivity index is 2.02. The second-order valence-electron chi connectivity index (χ2n) is 5.46. The van der Waals surface area contributed by atoms with Gasteiger partial charge in [0.25, 0.3) is 0 Å². The number of hydrogen-bond donors (Lipinski definition) is 0. The molecule has 1 saturated heterocycles. The van der Waals surface area contributed by atoms with Crippen molar-refractivity contribution in [1.29, 1.82) is 0 Å². The topological polar surface area (TPSA) is 36.4 Å². The van der Waals surface area contributed by atoms with Gasteiger partial charge in [0.1, 0.15) is 5.82 Å². The van der Waals surface area contributed by atoms with Gasteiger partial charge in [0.2, 0.25) is 5.91 Å². The number of carbonyl (C=O) groups excluding carboxylic acids is 1. The number of amides is 1. The smallest absolute Gasteiger partial charge is 0.225 e. The molecule has 1 fully saturated rings. The van der Waals surface area contributed by atoms with Crippen LogP contribution in [0.1, 0.15) is 26.0 Å². The number of nitrogens with zero attached hydrogens (tertiary/aromatic N) is 3. The molecule has 0 N–H and O–H groups in total. The molecule has 104 valence electrons. The van der Waals surface area contributed by atoms with Gasteiger partial charge in [0.15, 0.2) is 0 Å². The van der Waals surface area contributed by atoms with E-state index in [0.29, 0.717) is 0 Å². The molecule has 1 amide bonds. The van der Waals surface area contributed by atoms with Gasteiger partial charge >= 0.3 is 0 Å². The molecule has 1 aliphatic heterocycles. The van der Waals surface area contributed by atoms with Crippen LogP contribution in [0.4, 0.5) is 5.82 Å². The summed E-state index contributed by atoms with van der Waals surface area (Å²) in [6, 6.07) is 6.10. The van der Waals surface area contributed by atoms with Gasteiger partial charge in [0, 0.05) is 37.8 Å². The Morgan fingerprint density at radius 1 is 1.21 bits per heavy atom. The lowest BCUT2D eigenvalue weighted by Crippen LogP contribution is -2.37. The minimum Gasteiger partial charge on any atom is -0.355 e. The first-order valence-corrected chi connectivity index (χ1v) is 7.05. The zero-order valence-electron chi connectivity index (χ0n) is 12.1. The fourth-order valence-electron chi connectivity index (χ4n) is 2.44. The summed E-state index contributed by atoms with van der Waals surface area (Å²) < 4.78 is 0. The normalized spacial score (nSPS) is 16.6. The van der Waals surface area contributed by atoms with Crippen molar-refractivity contribution < 1.29 is 4.79 Å². The van der Waals surface area contributed by atoms with Gasteiger partial charge in [-0.3, -0.25) is 4.79 Å². The highest BCUT2D eigenvalue weighted by Crippen LogP contribution is 2.15. The van der Waals surface area contributed by atoms with Gasteiger partial charge in [-0.15, -0.1) is 0 Å². The molecule has 2 heterocycles. The summed E-state index contributed by atoms with van der Waals surface area (Å²) >= 11 is 0. The van der Waals surface area contributed by atoms with Crippen molar-refractivity contribution in [2.75, 3.05) is 31.1 Å². The van der Waals surface area contributed by atoms with E-state index in [-0.39, 0.29) is 11.8 Å². The maximum absolute atomic E-state index is 12.0. The van der Waals surface area contributed by atoms with E-state index in [1.54, 1.807) is 0 Å². The van der Waals surface area contributed by atoms with Gasteiger partial charge in [-0.2, -0.15) is 0 Å². The zero-order valence-corrected chi connectivity index (χ0v) is 12.1. The van der Waals surface area contributed by atoms with E-state index in [9.17, 15) is 4.79 Å². The molecule has 4 nitrogen and oxygen atoms in total. The molecule has 0 aromatic carbocycles. The number of aromatic nitrogens is 1. The predicted octanol–water partition coefficient (Wildman–Crippen LogP) is 2.08.